The average molecular weight is 477 g/mol. The number of hydrogen-bond donors (Lipinski definition) is 3. The van der Waals surface area contributed by atoms with Crippen LogP contribution in [0.5, 0.6) is 0 Å². The first kappa shape index (κ1) is 22.1. The maximum atomic E-state index is 12.0. The number of aromatic nitrogens is 5. The summed E-state index contributed by atoms with van der Waals surface area (Å²) in [5, 5.41) is 14.1. The zero-order chi connectivity index (χ0) is 24.6. The molecule has 0 amide bonds. The van der Waals surface area contributed by atoms with Gasteiger partial charge in [0.05, 0.1) is 40.2 Å². The van der Waals surface area contributed by atoms with Crippen molar-refractivity contribution in [1.82, 2.24) is 30.2 Å². The van der Waals surface area contributed by atoms with Gasteiger partial charge in [-0.3, -0.25) is 15.0 Å². The molecule has 178 valence electrons. The van der Waals surface area contributed by atoms with Gasteiger partial charge < -0.3 is 15.4 Å². The summed E-state index contributed by atoms with van der Waals surface area (Å²) in [4.78, 5) is 33.6. The predicted octanol–water partition coefficient (Wildman–Crippen LogP) is 4.83. The van der Waals surface area contributed by atoms with E-state index in [1.54, 1.807) is 24.8 Å². The van der Waals surface area contributed by atoms with E-state index in [1.807, 2.05) is 49.4 Å². The molecule has 1 aliphatic heterocycles. The van der Waals surface area contributed by atoms with Crippen LogP contribution in [0.2, 0.25) is 0 Å². The average Bonchev–Trinajstić information content (AvgIpc) is 3.60. The molecule has 8 nitrogen and oxygen atoms in total. The summed E-state index contributed by atoms with van der Waals surface area (Å²) in [5.41, 5.74) is 7.65. The van der Waals surface area contributed by atoms with E-state index in [9.17, 15) is 9.90 Å². The van der Waals surface area contributed by atoms with Gasteiger partial charge in [-0.15, -0.1) is 0 Å². The lowest BCUT2D eigenvalue weighted by molar-refractivity contribution is 0.0694. The van der Waals surface area contributed by atoms with Gasteiger partial charge in [0.1, 0.15) is 0 Å². The first-order chi connectivity index (χ1) is 17.6. The Morgan fingerprint density at radius 2 is 1.83 bits per heavy atom. The van der Waals surface area contributed by atoms with Crippen LogP contribution in [-0.4, -0.2) is 49.1 Å². The molecule has 1 atom stereocenters. The second-order valence-electron chi connectivity index (χ2n) is 9.07. The lowest BCUT2D eigenvalue weighted by Crippen LogP contribution is -2.13. The second-order valence-corrected chi connectivity index (χ2v) is 9.07. The van der Waals surface area contributed by atoms with E-state index in [2.05, 4.69) is 30.2 Å². The number of carboxylic acids is 1. The van der Waals surface area contributed by atoms with Crippen molar-refractivity contribution in [2.45, 2.75) is 19.3 Å². The maximum Gasteiger partial charge on any atom is 0.337 e. The Hall–Kier alpha value is -4.43. The number of H-pyrrole nitrogens is 1. The molecule has 1 saturated heterocycles. The van der Waals surface area contributed by atoms with Crippen molar-refractivity contribution in [1.29, 1.82) is 0 Å². The molecule has 0 spiro atoms. The van der Waals surface area contributed by atoms with Crippen molar-refractivity contribution in [3.63, 3.8) is 0 Å². The minimum Gasteiger partial charge on any atom is -0.478 e. The highest BCUT2D eigenvalue weighted by molar-refractivity contribution is 5.92. The third-order valence-corrected chi connectivity index (χ3v) is 6.67. The zero-order valence-electron chi connectivity index (χ0n) is 19.7. The van der Waals surface area contributed by atoms with Gasteiger partial charge in [0.15, 0.2) is 0 Å². The van der Waals surface area contributed by atoms with Crippen LogP contribution >= 0.6 is 0 Å². The molecule has 0 bridgehead atoms. The van der Waals surface area contributed by atoms with Crippen molar-refractivity contribution in [3.05, 3.63) is 84.2 Å². The molecule has 36 heavy (non-hydrogen) atoms. The lowest BCUT2D eigenvalue weighted by Gasteiger charge is -2.13. The number of aromatic carboxylic acids is 1. The summed E-state index contributed by atoms with van der Waals surface area (Å²) in [5.74, 6) is -0.841. The van der Waals surface area contributed by atoms with Crippen molar-refractivity contribution in [2.75, 3.05) is 13.1 Å². The van der Waals surface area contributed by atoms with Crippen LogP contribution in [0.15, 0.2) is 67.3 Å². The van der Waals surface area contributed by atoms with Crippen molar-refractivity contribution in [3.8, 4) is 33.8 Å². The first-order valence-electron chi connectivity index (χ1n) is 11.9. The van der Waals surface area contributed by atoms with Gasteiger partial charge in [-0.2, -0.15) is 0 Å². The minimum atomic E-state index is -0.960. The molecular formula is C28H24N6O2. The van der Waals surface area contributed by atoms with Gasteiger partial charge in [0.25, 0.3) is 0 Å². The van der Waals surface area contributed by atoms with Crippen LogP contribution in [0.25, 0.3) is 44.7 Å². The van der Waals surface area contributed by atoms with Gasteiger partial charge in [-0.1, -0.05) is 12.1 Å². The van der Waals surface area contributed by atoms with Crippen LogP contribution < -0.4 is 5.32 Å². The van der Waals surface area contributed by atoms with Gasteiger partial charge in [-0.05, 0) is 56.3 Å². The van der Waals surface area contributed by atoms with Crippen LogP contribution in [-0.2, 0) is 0 Å². The number of carbonyl (C=O) groups is 1. The van der Waals surface area contributed by atoms with E-state index < -0.39 is 5.97 Å². The van der Waals surface area contributed by atoms with Gasteiger partial charge in [-0.25, -0.2) is 9.78 Å². The number of carboxylic acid groups (broad SMARTS) is 1. The number of nitrogens with zero attached hydrogens (tertiary/aromatic N) is 4. The number of nitrogens with one attached hydrogen (secondary N) is 2. The SMILES string of the molecule is Cc1cccc(-c2[nH]cnc2-c2ccc3ncc(-c4cnc([C@@H]5CCNC5)c(C(=O)O)c4)cc3c2)n1. The molecule has 1 fully saturated rings. The number of rotatable bonds is 5. The summed E-state index contributed by atoms with van der Waals surface area (Å²) in [6, 6.07) is 15.6. The van der Waals surface area contributed by atoms with Gasteiger partial charge >= 0.3 is 5.97 Å². The van der Waals surface area contributed by atoms with E-state index in [4.69, 9.17) is 0 Å². The number of pyridine rings is 3. The molecule has 8 heteroatoms. The Morgan fingerprint density at radius 3 is 2.64 bits per heavy atom. The quantitative estimate of drug-likeness (QED) is 0.333. The fraction of sp³-hybridized carbons (Fsp3) is 0.179. The van der Waals surface area contributed by atoms with Gasteiger partial charge in [0, 0.05) is 52.6 Å². The lowest BCUT2D eigenvalue weighted by atomic mass is 9.96. The molecule has 3 N–H and O–H groups in total. The topological polar surface area (TPSA) is 117 Å². The molecular weight excluding hydrogens is 452 g/mol. The molecule has 0 aliphatic carbocycles. The first-order valence-corrected chi connectivity index (χ1v) is 11.9. The Kier molecular flexibility index (Phi) is 5.50. The van der Waals surface area contributed by atoms with Gasteiger partial charge in [0.2, 0.25) is 0 Å². The number of hydrogen-bond acceptors (Lipinski definition) is 6. The number of fused-ring (bicyclic) bond motifs is 1. The van der Waals surface area contributed by atoms with E-state index in [0.717, 1.165) is 69.9 Å². The standard InChI is InChI=1S/C28H24N6O2/c1-16-3-2-4-24(34-16)27-26(32-15-33-27)17-5-6-23-19(9-17)10-20(13-30-23)21-11-22(28(35)36)25(31-14-21)18-7-8-29-12-18/h2-6,9-11,13-15,18,29H,7-8,12H2,1H3,(H,32,33)(H,35,36)/t18-/m1/s1. The Morgan fingerprint density at radius 1 is 1.00 bits per heavy atom. The number of aromatic amines is 1. The monoisotopic (exact) mass is 476 g/mol. The predicted molar refractivity (Wildman–Crippen MR) is 138 cm³/mol. The smallest absolute Gasteiger partial charge is 0.337 e. The maximum absolute atomic E-state index is 12.0. The highest BCUT2D eigenvalue weighted by Crippen LogP contribution is 2.32. The second kappa shape index (κ2) is 8.98. The van der Waals surface area contributed by atoms with E-state index in [-0.39, 0.29) is 11.5 Å². The summed E-state index contributed by atoms with van der Waals surface area (Å²) < 4.78 is 0. The number of aryl methyl sites for hydroxylation is 1. The largest absolute Gasteiger partial charge is 0.478 e. The minimum absolute atomic E-state index is 0.119. The van der Waals surface area contributed by atoms with E-state index in [1.165, 1.54) is 0 Å². The summed E-state index contributed by atoms with van der Waals surface area (Å²) in [7, 11) is 0. The van der Waals surface area contributed by atoms with Crippen molar-refractivity contribution < 1.29 is 9.90 Å². The van der Waals surface area contributed by atoms with Crippen molar-refractivity contribution in [2.24, 2.45) is 0 Å². The number of benzene rings is 1. The molecule has 1 aliphatic rings. The summed E-state index contributed by atoms with van der Waals surface area (Å²) >= 11 is 0. The summed E-state index contributed by atoms with van der Waals surface area (Å²) in [6.45, 7) is 3.59. The van der Waals surface area contributed by atoms with Crippen LogP contribution in [0.4, 0.5) is 0 Å². The molecule has 0 saturated carbocycles. The van der Waals surface area contributed by atoms with Crippen LogP contribution in [0, 0.1) is 6.92 Å². The molecule has 4 aromatic heterocycles. The molecule has 5 aromatic rings. The Bertz CT molecular complexity index is 1600. The molecule has 6 rings (SSSR count). The highest BCUT2D eigenvalue weighted by Gasteiger charge is 2.24. The molecule has 5 heterocycles. The fourth-order valence-electron chi connectivity index (χ4n) is 4.85. The Labute approximate surface area is 207 Å². The third-order valence-electron chi connectivity index (χ3n) is 6.67. The van der Waals surface area contributed by atoms with Crippen LogP contribution in [0.1, 0.15) is 34.1 Å². The van der Waals surface area contributed by atoms with Crippen molar-refractivity contribution >= 4 is 16.9 Å². The highest BCUT2D eigenvalue weighted by atomic mass is 16.4. The molecule has 0 radical (unpaired) electrons. The van der Waals surface area contributed by atoms with Crippen LogP contribution in [0.3, 0.4) is 0 Å². The Balaban J connectivity index is 1.40. The summed E-state index contributed by atoms with van der Waals surface area (Å²) in [6.07, 6.45) is 6.08. The van der Waals surface area contributed by atoms with E-state index >= 15 is 0 Å². The molecule has 1 aromatic carbocycles. The third kappa shape index (κ3) is 4.01. The fourth-order valence-corrected chi connectivity index (χ4v) is 4.85. The van der Waals surface area contributed by atoms with E-state index in [0.29, 0.717) is 5.69 Å². The molecule has 0 unspecified atom stereocenters. The normalized spacial score (nSPS) is 15.4. The number of imidazole rings is 1. The zero-order valence-corrected chi connectivity index (χ0v) is 19.7.